The van der Waals surface area contributed by atoms with Crippen LogP contribution in [0.25, 0.3) is 16.2 Å². The number of hydrogen-bond donors (Lipinski definition) is 4. The fraction of sp³-hybridized carbons (Fsp3) is 0.476. The number of sulfone groups is 1. The van der Waals surface area contributed by atoms with Gasteiger partial charge in [0.15, 0.2) is 21.8 Å². The highest BCUT2D eigenvalue weighted by molar-refractivity contribution is 7.90. The minimum absolute atomic E-state index is 0.0847. The Morgan fingerprint density at radius 3 is 2.83 bits per heavy atom. The Morgan fingerprint density at radius 1 is 1.36 bits per heavy atom. The molecule has 0 aromatic carbocycles. The van der Waals surface area contributed by atoms with Crippen LogP contribution in [0.15, 0.2) is 28.3 Å². The third-order valence-electron chi connectivity index (χ3n) is 7.18. The average molecular weight is 532 g/mol. The van der Waals surface area contributed by atoms with Crippen molar-refractivity contribution in [3.8, 4) is 10.6 Å². The van der Waals surface area contributed by atoms with E-state index in [1.165, 1.54) is 34.6 Å². The first-order valence-corrected chi connectivity index (χ1v) is 14.2. The Bertz CT molecular complexity index is 1490. The van der Waals surface area contributed by atoms with Gasteiger partial charge >= 0.3 is 0 Å². The molecule has 0 spiro atoms. The number of nitrogens with zero attached hydrogens (tertiary/aromatic N) is 6. The number of hydrogen-bond acceptors (Lipinski definition) is 13. The van der Waals surface area contributed by atoms with E-state index in [1.807, 2.05) is 4.90 Å². The molecule has 13 nitrogen and oxygen atoms in total. The largest absolute Gasteiger partial charge is 0.389 e. The fourth-order valence-electron chi connectivity index (χ4n) is 5.70. The SMILES string of the molecule is CS(=O)(=O)c1cn2nc(-c3cnc(CO)s3)cc2nc1C1C[C@H]2CC(N)[C@@H](C1)N2[C@]1(C=O)N=CNN1. The van der Waals surface area contributed by atoms with Crippen molar-refractivity contribution in [2.75, 3.05) is 6.26 Å². The summed E-state index contributed by atoms with van der Waals surface area (Å²) in [5.41, 5.74) is 13.8. The number of nitrogens with one attached hydrogen (secondary N) is 2. The molecule has 5 atom stereocenters. The number of hydrazine groups is 1. The summed E-state index contributed by atoms with van der Waals surface area (Å²) < 4.78 is 27.1. The van der Waals surface area contributed by atoms with Crippen LogP contribution in [0.2, 0.25) is 0 Å². The number of nitrogens with two attached hydrogens (primary N) is 1. The van der Waals surface area contributed by atoms with Crippen LogP contribution in [0, 0.1) is 0 Å². The molecule has 0 aliphatic carbocycles. The van der Waals surface area contributed by atoms with Gasteiger partial charge in [-0.05, 0) is 19.3 Å². The third kappa shape index (κ3) is 3.65. The van der Waals surface area contributed by atoms with Crippen molar-refractivity contribution < 1.29 is 18.3 Å². The molecule has 6 heterocycles. The van der Waals surface area contributed by atoms with E-state index in [1.54, 1.807) is 12.3 Å². The summed E-state index contributed by atoms with van der Waals surface area (Å²) in [6.07, 6.45) is 8.31. The predicted octanol–water partition coefficient (Wildman–Crippen LogP) is -0.615. The number of aliphatic hydroxyl groups is 1. The summed E-state index contributed by atoms with van der Waals surface area (Å²) in [7, 11) is -3.62. The van der Waals surface area contributed by atoms with Crippen molar-refractivity contribution in [1.29, 1.82) is 0 Å². The summed E-state index contributed by atoms with van der Waals surface area (Å²) in [5.74, 6) is -1.40. The molecule has 2 saturated heterocycles. The van der Waals surface area contributed by atoms with Crippen LogP contribution in [0.5, 0.6) is 0 Å². The molecule has 0 saturated carbocycles. The van der Waals surface area contributed by atoms with E-state index in [4.69, 9.17) is 10.7 Å². The van der Waals surface area contributed by atoms with E-state index >= 15 is 0 Å². The highest BCUT2D eigenvalue weighted by Crippen LogP contribution is 2.46. The summed E-state index contributed by atoms with van der Waals surface area (Å²) in [5, 5.41) is 14.4. The molecular weight excluding hydrogens is 506 g/mol. The van der Waals surface area contributed by atoms with E-state index in [0.29, 0.717) is 41.3 Å². The van der Waals surface area contributed by atoms with Crippen LogP contribution in [0.1, 0.15) is 35.9 Å². The van der Waals surface area contributed by atoms with Gasteiger partial charge in [-0.2, -0.15) is 10.5 Å². The molecule has 190 valence electrons. The number of thiazole rings is 1. The lowest BCUT2D eigenvalue weighted by molar-refractivity contribution is -0.124. The molecule has 3 aromatic heterocycles. The average Bonchev–Trinajstić information content (AvgIpc) is 3.63. The van der Waals surface area contributed by atoms with E-state index in [0.717, 1.165) is 11.2 Å². The van der Waals surface area contributed by atoms with E-state index < -0.39 is 15.6 Å². The van der Waals surface area contributed by atoms with Gasteiger partial charge in [0, 0.05) is 42.6 Å². The maximum absolute atomic E-state index is 12.8. The zero-order valence-electron chi connectivity index (χ0n) is 19.3. The first-order valence-electron chi connectivity index (χ1n) is 11.5. The lowest BCUT2D eigenvalue weighted by Gasteiger charge is -2.45. The maximum atomic E-state index is 12.8. The molecule has 15 heteroatoms. The number of aromatic nitrogens is 4. The van der Waals surface area contributed by atoms with Crippen LogP contribution in [-0.2, 0) is 21.2 Å². The molecule has 2 bridgehead atoms. The van der Waals surface area contributed by atoms with Crippen LogP contribution < -0.4 is 16.6 Å². The molecule has 0 amide bonds. The van der Waals surface area contributed by atoms with Crippen LogP contribution in [-0.4, -0.2) is 80.8 Å². The number of aliphatic imine (C=N–C) groups is 1. The summed E-state index contributed by atoms with van der Waals surface area (Å²) >= 11 is 1.31. The molecule has 2 fully saturated rings. The summed E-state index contributed by atoms with van der Waals surface area (Å²) in [4.78, 5) is 28.2. The van der Waals surface area contributed by atoms with Gasteiger partial charge in [0.05, 0.1) is 23.4 Å². The van der Waals surface area contributed by atoms with Crippen molar-refractivity contribution in [2.24, 2.45) is 10.7 Å². The van der Waals surface area contributed by atoms with Crippen LogP contribution in [0.3, 0.4) is 0 Å². The summed E-state index contributed by atoms with van der Waals surface area (Å²) in [6, 6.07) is 1.32. The molecule has 2 unspecified atom stereocenters. The predicted molar refractivity (Wildman–Crippen MR) is 131 cm³/mol. The summed E-state index contributed by atoms with van der Waals surface area (Å²) in [6.45, 7) is -0.163. The number of aliphatic hydroxyl groups excluding tert-OH is 1. The van der Waals surface area contributed by atoms with Gasteiger partial charge in [0.2, 0.25) is 5.79 Å². The molecule has 36 heavy (non-hydrogen) atoms. The standard InChI is InChI=1S/C21H25N9O4S2/c1-36(33,34)17-7-29-18(5-14(27-29)16-6-23-19(8-31)35-16)26-20(17)11-2-12-4-13(22)15(3-11)30(12)21(9-32)24-10-25-28-21/h5-7,9-13,15,28,31H,2-4,8,22H2,1H3,(H,24,25)/t11?,12-,13?,15+,21+/m0/s1. The normalized spacial score (nSPS) is 30.2. The number of carbonyl (C=O) groups is 1. The lowest BCUT2D eigenvalue weighted by atomic mass is 9.86. The van der Waals surface area contributed by atoms with Gasteiger partial charge in [-0.3, -0.25) is 9.69 Å². The van der Waals surface area contributed by atoms with E-state index in [9.17, 15) is 18.3 Å². The first kappa shape index (κ1) is 23.6. The number of aldehydes is 1. The van der Waals surface area contributed by atoms with Crippen molar-refractivity contribution >= 4 is 39.4 Å². The number of carbonyl (C=O) groups excluding carboxylic acids is 1. The molecular formula is C21H25N9O4S2. The quantitative estimate of drug-likeness (QED) is 0.298. The zero-order valence-corrected chi connectivity index (χ0v) is 20.9. The van der Waals surface area contributed by atoms with Gasteiger partial charge in [0.25, 0.3) is 0 Å². The number of piperidine rings is 1. The van der Waals surface area contributed by atoms with E-state index in [-0.39, 0.29) is 35.5 Å². The zero-order chi connectivity index (χ0) is 25.2. The second-order valence-corrected chi connectivity index (χ2v) is 12.5. The molecule has 3 aliphatic rings. The van der Waals surface area contributed by atoms with Gasteiger partial charge in [0.1, 0.15) is 21.9 Å². The molecule has 5 N–H and O–H groups in total. The van der Waals surface area contributed by atoms with Crippen LogP contribution in [0.4, 0.5) is 0 Å². The Balaban J connectivity index is 1.40. The Morgan fingerprint density at radius 2 is 2.19 bits per heavy atom. The van der Waals surface area contributed by atoms with Crippen molar-refractivity contribution in [1.82, 2.24) is 35.3 Å². The molecule has 6 rings (SSSR count). The van der Waals surface area contributed by atoms with Gasteiger partial charge in [-0.15, -0.1) is 11.3 Å². The Kier molecular flexibility index (Phi) is 5.47. The number of fused-ring (bicyclic) bond motifs is 3. The van der Waals surface area contributed by atoms with Gasteiger partial charge < -0.3 is 16.3 Å². The molecule has 3 aromatic rings. The minimum Gasteiger partial charge on any atom is -0.389 e. The van der Waals surface area contributed by atoms with Crippen molar-refractivity contribution in [3.63, 3.8) is 0 Å². The third-order valence-corrected chi connectivity index (χ3v) is 9.30. The Labute approximate surface area is 210 Å². The second kappa shape index (κ2) is 8.36. The second-order valence-electron chi connectivity index (χ2n) is 9.44. The first-order chi connectivity index (χ1) is 17.2. The van der Waals surface area contributed by atoms with Crippen molar-refractivity contribution in [2.45, 2.75) is 60.6 Å². The maximum Gasteiger partial charge on any atom is 0.242 e. The van der Waals surface area contributed by atoms with Gasteiger partial charge in [-0.25, -0.2) is 27.9 Å². The highest BCUT2D eigenvalue weighted by Gasteiger charge is 2.55. The van der Waals surface area contributed by atoms with Gasteiger partial charge in [-0.1, -0.05) is 0 Å². The monoisotopic (exact) mass is 531 g/mol. The van der Waals surface area contributed by atoms with E-state index in [2.05, 4.69) is 25.9 Å². The van der Waals surface area contributed by atoms with Crippen molar-refractivity contribution in [3.05, 3.63) is 29.2 Å². The Hall–Kier alpha value is -2.82. The molecule has 0 radical (unpaired) electrons. The highest BCUT2D eigenvalue weighted by atomic mass is 32.2. The minimum atomic E-state index is -3.62. The smallest absolute Gasteiger partial charge is 0.242 e. The van der Waals surface area contributed by atoms with Crippen LogP contribution >= 0.6 is 11.3 Å². The number of rotatable bonds is 6. The molecule has 3 aliphatic heterocycles. The topological polar surface area (TPSA) is 180 Å². The fourth-order valence-corrected chi connectivity index (χ4v) is 7.32. The lowest BCUT2D eigenvalue weighted by Crippen LogP contribution is -2.65.